The van der Waals surface area contributed by atoms with E-state index in [0.29, 0.717) is 13.2 Å². The second-order valence-corrected chi connectivity index (χ2v) is 8.75. The van der Waals surface area contributed by atoms with E-state index in [4.69, 9.17) is 20.9 Å². The molecular formula is C21H18BrClFN3O2. The van der Waals surface area contributed by atoms with E-state index in [9.17, 15) is 4.39 Å². The topological polar surface area (TPSA) is 53.1 Å². The number of rotatable bonds is 3. The highest BCUT2D eigenvalue weighted by Crippen LogP contribution is 2.41. The largest absolute Gasteiger partial charge is 0.381 e. The number of ether oxygens (including phenoxy) is 1. The molecule has 0 bridgehead atoms. The highest BCUT2D eigenvalue weighted by molar-refractivity contribution is 9.10. The van der Waals surface area contributed by atoms with Gasteiger partial charge in [-0.05, 0) is 59.8 Å². The van der Waals surface area contributed by atoms with Crippen LogP contribution in [0.15, 0.2) is 39.5 Å². The predicted octanol–water partition coefficient (Wildman–Crippen LogP) is 6.06. The molecule has 0 spiro atoms. The summed E-state index contributed by atoms with van der Waals surface area (Å²) in [6.07, 6.45) is 3.52. The highest BCUT2D eigenvalue weighted by Gasteiger charge is 2.32. The number of aromatic nitrogens is 3. The van der Waals surface area contributed by atoms with Gasteiger partial charge in [-0.25, -0.2) is 4.39 Å². The van der Waals surface area contributed by atoms with Crippen molar-refractivity contribution in [2.24, 2.45) is 5.92 Å². The molecule has 4 heterocycles. The first-order valence-corrected chi connectivity index (χ1v) is 10.6. The Hall–Kier alpha value is -1.96. The summed E-state index contributed by atoms with van der Waals surface area (Å²) in [4.78, 5) is 4.58. The van der Waals surface area contributed by atoms with Crippen molar-refractivity contribution in [3.63, 3.8) is 0 Å². The average molecular weight is 479 g/mol. The Kier molecular flexibility index (Phi) is 4.84. The maximum Gasteiger partial charge on any atom is 0.142 e. The maximum absolute atomic E-state index is 14.3. The Morgan fingerprint density at radius 1 is 1.21 bits per heavy atom. The Morgan fingerprint density at radius 2 is 2.00 bits per heavy atom. The smallest absolute Gasteiger partial charge is 0.142 e. The molecule has 1 atom stereocenters. The van der Waals surface area contributed by atoms with Crippen LogP contribution >= 0.6 is 27.5 Å². The van der Waals surface area contributed by atoms with Crippen molar-refractivity contribution in [3.05, 3.63) is 57.2 Å². The van der Waals surface area contributed by atoms with Gasteiger partial charge in [0.05, 0.1) is 27.6 Å². The van der Waals surface area contributed by atoms with E-state index in [1.54, 1.807) is 12.3 Å². The molecule has 1 aliphatic rings. The number of fused-ring (bicyclic) bond motifs is 3. The second kappa shape index (κ2) is 7.38. The lowest BCUT2D eigenvalue weighted by Crippen LogP contribution is -2.27. The van der Waals surface area contributed by atoms with Gasteiger partial charge in [0.1, 0.15) is 17.3 Å². The summed E-state index contributed by atoms with van der Waals surface area (Å²) in [5.41, 5.74) is 3.30. The first-order valence-electron chi connectivity index (χ1n) is 9.48. The van der Waals surface area contributed by atoms with Crippen LogP contribution in [0.1, 0.15) is 30.3 Å². The summed E-state index contributed by atoms with van der Waals surface area (Å²) in [5.74, 6) is 0.582. The summed E-state index contributed by atoms with van der Waals surface area (Å²) in [6, 6.07) is 7.02. The molecule has 0 amide bonds. The molecule has 0 radical (unpaired) electrons. The molecule has 5 nitrogen and oxygen atoms in total. The zero-order valence-corrected chi connectivity index (χ0v) is 18.0. The van der Waals surface area contributed by atoms with E-state index >= 15 is 0 Å². The summed E-state index contributed by atoms with van der Waals surface area (Å²) < 4.78 is 28.4. The van der Waals surface area contributed by atoms with Crippen molar-refractivity contribution in [1.82, 2.24) is 14.7 Å². The normalized spacial score (nSPS) is 16.7. The predicted molar refractivity (Wildman–Crippen MR) is 113 cm³/mol. The minimum absolute atomic E-state index is 0.0858. The van der Waals surface area contributed by atoms with Crippen molar-refractivity contribution in [2.75, 3.05) is 13.2 Å². The van der Waals surface area contributed by atoms with Crippen LogP contribution in [0.25, 0.3) is 21.9 Å². The molecule has 0 aliphatic carbocycles. The summed E-state index contributed by atoms with van der Waals surface area (Å²) in [6.45, 7) is 3.28. The average Bonchev–Trinajstić information content (AvgIpc) is 3.26. The third-order valence-corrected chi connectivity index (χ3v) is 6.31. The number of hydrogen-bond donors (Lipinski definition) is 0. The van der Waals surface area contributed by atoms with Crippen molar-refractivity contribution in [2.45, 2.75) is 25.8 Å². The SMILES string of the molecule is Cc1cc(C(C2CCOCC2)n2c3cc(Cl)c(F)cc3c3ncc(Br)cc32)no1. The van der Waals surface area contributed by atoms with Crippen LogP contribution in [0, 0.1) is 18.7 Å². The number of benzene rings is 1. The number of halogens is 3. The van der Waals surface area contributed by atoms with E-state index in [1.165, 1.54) is 6.07 Å². The molecule has 3 aromatic heterocycles. The summed E-state index contributed by atoms with van der Waals surface area (Å²) >= 11 is 9.72. The molecule has 1 saturated heterocycles. The van der Waals surface area contributed by atoms with Gasteiger partial charge in [-0.15, -0.1) is 0 Å². The van der Waals surface area contributed by atoms with Gasteiger partial charge in [-0.3, -0.25) is 4.98 Å². The quantitative estimate of drug-likeness (QED) is 0.359. The van der Waals surface area contributed by atoms with Gasteiger partial charge in [-0.2, -0.15) is 0 Å². The number of aryl methyl sites for hydroxylation is 1. The first-order chi connectivity index (χ1) is 14.0. The lowest BCUT2D eigenvalue weighted by atomic mass is 9.89. The van der Waals surface area contributed by atoms with Crippen LogP contribution < -0.4 is 0 Å². The Labute approximate surface area is 179 Å². The van der Waals surface area contributed by atoms with Crippen molar-refractivity contribution in [1.29, 1.82) is 0 Å². The zero-order valence-electron chi connectivity index (χ0n) is 15.7. The Morgan fingerprint density at radius 3 is 2.72 bits per heavy atom. The van der Waals surface area contributed by atoms with Crippen LogP contribution in [0.4, 0.5) is 4.39 Å². The van der Waals surface area contributed by atoms with E-state index in [-0.39, 0.29) is 17.0 Å². The van der Waals surface area contributed by atoms with Crippen molar-refractivity contribution < 1.29 is 13.7 Å². The lowest BCUT2D eigenvalue weighted by molar-refractivity contribution is 0.0543. The van der Waals surface area contributed by atoms with Gasteiger partial charge in [0, 0.05) is 35.3 Å². The summed E-state index contributed by atoms with van der Waals surface area (Å²) in [5, 5.41) is 5.16. The van der Waals surface area contributed by atoms with Gasteiger partial charge in [0.15, 0.2) is 0 Å². The lowest BCUT2D eigenvalue weighted by Gasteiger charge is -2.31. The van der Waals surface area contributed by atoms with Crippen LogP contribution in [0.2, 0.25) is 5.02 Å². The van der Waals surface area contributed by atoms with Gasteiger partial charge < -0.3 is 13.8 Å². The third-order valence-electron chi connectivity index (χ3n) is 5.59. The van der Waals surface area contributed by atoms with Crippen LogP contribution in [-0.2, 0) is 4.74 Å². The minimum Gasteiger partial charge on any atom is -0.381 e. The van der Waals surface area contributed by atoms with Crippen molar-refractivity contribution in [3.8, 4) is 0 Å². The molecule has 4 aromatic rings. The summed E-state index contributed by atoms with van der Waals surface area (Å²) in [7, 11) is 0. The fraction of sp³-hybridized carbons (Fsp3) is 0.333. The molecular weight excluding hydrogens is 461 g/mol. The van der Waals surface area contributed by atoms with Gasteiger partial charge in [-0.1, -0.05) is 16.8 Å². The monoisotopic (exact) mass is 477 g/mol. The molecule has 1 unspecified atom stereocenters. The van der Waals surface area contributed by atoms with Gasteiger partial charge in [0.2, 0.25) is 0 Å². The van der Waals surface area contributed by atoms with Crippen LogP contribution in [0.5, 0.6) is 0 Å². The molecule has 1 aromatic carbocycles. The second-order valence-electron chi connectivity index (χ2n) is 7.43. The van der Waals surface area contributed by atoms with E-state index in [0.717, 1.165) is 50.7 Å². The molecule has 29 heavy (non-hydrogen) atoms. The van der Waals surface area contributed by atoms with E-state index in [2.05, 4.69) is 30.6 Å². The fourth-order valence-corrected chi connectivity index (χ4v) is 4.79. The standard InChI is InChI=1S/C21H18BrClFN3O2/c1-11-6-17(26-29-11)21(12-2-4-28-5-3-12)27-18-9-15(23)16(24)8-14(18)20-19(27)7-13(22)10-25-20/h6-10,12,21H,2-5H2,1H3. The minimum atomic E-state index is -0.456. The Bertz CT molecular complexity index is 1220. The maximum atomic E-state index is 14.3. The highest BCUT2D eigenvalue weighted by atomic mass is 79.9. The molecule has 150 valence electrons. The van der Waals surface area contributed by atoms with Crippen LogP contribution in [0.3, 0.4) is 0 Å². The van der Waals surface area contributed by atoms with Gasteiger partial charge >= 0.3 is 0 Å². The molecule has 5 rings (SSSR count). The van der Waals surface area contributed by atoms with E-state index < -0.39 is 5.82 Å². The molecule has 1 aliphatic heterocycles. The van der Waals surface area contributed by atoms with Crippen molar-refractivity contribution >= 4 is 49.5 Å². The zero-order chi connectivity index (χ0) is 20.1. The van der Waals surface area contributed by atoms with Crippen LogP contribution in [-0.4, -0.2) is 27.9 Å². The fourth-order valence-electron chi connectivity index (χ4n) is 4.32. The van der Waals surface area contributed by atoms with Gasteiger partial charge in [0.25, 0.3) is 0 Å². The number of nitrogens with zero attached hydrogens (tertiary/aromatic N) is 3. The molecule has 1 fully saturated rings. The molecule has 0 N–H and O–H groups in total. The molecule has 8 heteroatoms. The number of pyridine rings is 1. The third kappa shape index (κ3) is 3.25. The Balaban J connectivity index is 1.85. The van der Waals surface area contributed by atoms with E-state index in [1.807, 2.05) is 19.1 Å². The number of hydrogen-bond acceptors (Lipinski definition) is 4. The molecule has 0 saturated carbocycles. The first kappa shape index (κ1) is 19.0.